The Bertz CT molecular complexity index is 237. The minimum absolute atomic E-state index is 0.951. The largest absolute Gasteiger partial charge is 0.139 e. The van der Waals surface area contributed by atoms with Crippen LogP contribution in [0.3, 0.4) is 0 Å². The molecule has 0 aromatic heterocycles. The van der Waals surface area contributed by atoms with E-state index in [4.69, 9.17) is 0 Å². The maximum absolute atomic E-state index is 3.44. The lowest BCUT2D eigenvalue weighted by Crippen LogP contribution is -2.03. The second-order valence-corrected chi connectivity index (χ2v) is 3.95. The van der Waals surface area contributed by atoms with Crippen LogP contribution in [0.1, 0.15) is 5.56 Å². The fraction of sp³-hybridized carbons (Fsp3) is 0.143. The summed E-state index contributed by atoms with van der Waals surface area (Å²) in [4.78, 5) is 0. The lowest BCUT2D eigenvalue weighted by atomic mass is 9.95. The molecule has 0 heterocycles. The Morgan fingerprint density at radius 2 is 2.20 bits per heavy atom. The summed E-state index contributed by atoms with van der Waals surface area (Å²) < 4.78 is 1.33. The summed E-state index contributed by atoms with van der Waals surface area (Å²) in [6.07, 6.45) is 0. The minimum Gasteiger partial charge on any atom is -0.0886 e. The quantitative estimate of drug-likeness (QED) is 0.418. The summed E-state index contributed by atoms with van der Waals surface area (Å²) in [5, 5.41) is 0.951. The zero-order chi connectivity index (χ0) is 7.56. The van der Waals surface area contributed by atoms with E-state index in [9.17, 15) is 0 Å². The highest BCUT2D eigenvalue weighted by atomic mass is 127. The first-order valence-corrected chi connectivity index (χ1v) is 5.25. The molecule has 0 aliphatic heterocycles. The Balaban J connectivity index is 3.09. The Morgan fingerprint density at radius 1 is 1.50 bits per heavy atom. The summed E-state index contributed by atoms with van der Waals surface area (Å²) >= 11 is 5.78. The van der Waals surface area contributed by atoms with Gasteiger partial charge in [-0.3, -0.25) is 0 Å². The number of hydrogen-bond acceptors (Lipinski definition) is 0. The van der Waals surface area contributed by atoms with Gasteiger partial charge in [0, 0.05) is 8.90 Å². The van der Waals surface area contributed by atoms with Crippen LogP contribution in [0.15, 0.2) is 18.2 Å². The number of hydrogen-bond donors (Lipinski definition) is 0. The molecule has 0 saturated heterocycles. The fourth-order valence-electron chi connectivity index (χ4n) is 0.806. The zero-order valence-electron chi connectivity index (χ0n) is 5.70. The third-order valence-electron chi connectivity index (χ3n) is 1.35. The monoisotopic (exact) mass is 308 g/mol. The molecular weight excluding hydrogens is 302 g/mol. The van der Waals surface area contributed by atoms with E-state index in [2.05, 4.69) is 64.6 Å². The molecule has 0 amide bonds. The van der Waals surface area contributed by atoms with Gasteiger partial charge >= 0.3 is 0 Å². The summed E-state index contributed by atoms with van der Waals surface area (Å²) in [6, 6.07) is 6.48. The first-order valence-electron chi connectivity index (χ1n) is 3.05. The lowest BCUT2D eigenvalue weighted by molar-refractivity contribution is 1.41. The normalized spacial score (nSPS) is 9.80. The zero-order valence-corrected chi connectivity index (χ0v) is 9.44. The van der Waals surface area contributed by atoms with Crippen molar-refractivity contribution in [2.45, 2.75) is 5.33 Å². The van der Waals surface area contributed by atoms with E-state index in [0.29, 0.717) is 0 Å². The van der Waals surface area contributed by atoms with Gasteiger partial charge in [-0.05, 0) is 34.2 Å². The van der Waals surface area contributed by atoms with Crippen molar-refractivity contribution in [2.75, 3.05) is 0 Å². The predicted molar refractivity (Wildman–Crippen MR) is 60.0 cm³/mol. The van der Waals surface area contributed by atoms with Gasteiger partial charge in [-0.1, -0.05) is 33.5 Å². The molecule has 0 radical (unpaired) electrons. The van der Waals surface area contributed by atoms with Crippen LogP contribution in [0.25, 0.3) is 0 Å². The number of halogens is 2. The molecule has 0 spiro atoms. The highest BCUT2D eigenvalue weighted by Crippen LogP contribution is 2.12. The van der Waals surface area contributed by atoms with Crippen LogP contribution in [-0.2, 0) is 5.33 Å². The van der Waals surface area contributed by atoms with Gasteiger partial charge in [-0.25, -0.2) is 0 Å². The molecule has 52 valence electrons. The molecule has 0 nitrogen and oxygen atoms in total. The molecule has 0 aliphatic carbocycles. The third kappa shape index (κ3) is 1.99. The van der Waals surface area contributed by atoms with Crippen molar-refractivity contribution in [1.29, 1.82) is 0 Å². The van der Waals surface area contributed by atoms with E-state index in [1.807, 2.05) is 0 Å². The first kappa shape index (κ1) is 8.59. The van der Waals surface area contributed by atoms with Crippen LogP contribution < -0.4 is 5.46 Å². The highest BCUT2D eigenvalue weighted by molar-refractivity contribution is 14.1. The maximum atomic E-state index is 3.44. The van der Waals surface area contributed by atoms with Crippen molar-refractivity contribution in [3.63, 3.8) is 0 Å². The van der Waals surface area contributed by atoms with Crippen molar-refractivity contribution >= 4 is 51.8 Å². The lowest BCUT2D eigenvalue weighted by Gasteiger charge is -2.00. The van der Waals surface area contributed by atoms with Gasteiger partial charge in [0.25, 0.3) is 0 Å². The topological polar surface area (TPSA) is 0 Å². The van der Waals surface area contributed by atoms with E-state index in [1.165, 1.54) is 14.6 Å². The Hall–Kier alpha value is 0.495. The van der Waals surface area contributed by atoms with Crippen LogP contribution in [0.5, 0.6) is 0 Å². The molecule has 0 saturated carbocycles. The van der Waals surface area contributed by atoms with E-state index < -0.39 is 0 Å². The third-order valence-corrected chi connectivity index (χ3v) is 3.00. The standard InChI is InChI=1S/C7H7BBrI/c8-6-1-2-7(10)5(3-6)4-9/h1-3H,4,8H2. The molecule has 10 heavy (non-hydrogen) atoms. The summed E-state index contributed by atoms with van der Waals surface area (Å²) in [7, 11) is 2.11. The second kappa shape index (κ2) is 3.76. The number of benzene rings is 1. The molecule has 0 atom stereocenters. The van der Waals surface area contributed by atoms with Crippen molar-refractivity contribution in [3.8, 4) is 0 Å². The molecule has 1 aromatic rings. The van der Waals surface area contributed by atoms with Gasteiger partial charge in [0.2, 0.25) is 0 Å². The van der Waals surface area contributed by atoms with E-state index in [-0.39, 0.29) is 0 Å². The Morgan fingerprint density at radius 3 is 2.70 bits per heavy atom. The van der Waals surface area contributed by atoms with Gasteiger partial charge in [-0.2, -0.15) is 0 Å². The van der Waals surface area contributed by atoms with Crippen LogP contribution >= 0.6 is 38.5 Å². The molecule has 0 fully saturated rings. The van der Waals surface area contributed by atoms with Gasteiger partial charge in [0.05, 0.1) is 0 Å². The number of alkyl halides is 1. The van der Waals surface area contributed by atoms with Crippen molar-refractivity contribution in [2.24, 2.45) is 0 Å². The number of rotatable bonds is 1. The van der Waals surface area contributed by atoms with Crippen LogP contribution in [-0.4, -0.2) is 7.85 Å². The van der Waals surface area contributed by atoms with E-state index in [0.717, 1.165) is 5.33 Å². The fourth-order valence-corrected chi connectivity index (χ4v) is 2.32. The Kier molecular flexibility index (Phi) is 3.23. The van der Waals surface area contributed by atoms with Crippen LogP contribution in [0, 0.1) is 3.57 Å². The minimum atomic E-state index is 0.951. The van der Waals surface area contributed by atoms with Crippen molar-refractivity contribution in [3.05, 3.63) is 27.3 Å². The van der Waals surface area contributed by atoms with Gasteiger partial charge in [-0.15, -0.1) is 0 Å². The smallest absolute Gasteiger partial charge is 0.0886 e. The predicted octanol–water partition coefficient (Wildman–Crippen LogP) is 1.44. The SMILES string of the molecule is Bc1ccc(I)c(CBr)c1. The molecular formula is C7H7BBrI. The van der Waals surface area contributed by atoms with Crippen molar-refractivity contribution < 1.29 is 0 Å². The average molecular weight is 309 g/mol. The maximum Gasteiger partial charge on any atom is 0.139 e. The molecule has 1 rings (SSSR count). The molecule has 0 aliphatic rings. The van der Waals surface area contributed by atoms with Crippen LogP contribution in [0.4, 0.5) is 0 Å². The Labute approximate surface area is 84.1 Å². The van der Waals surface area contributed by atoms with Gasteiger partial charge < -0.3 is 0 Å². The molecule has 0 unspecified atom stereocenters. The van der Waals surface area contributed by atoms with E-state index in [1.54, 1.807) is 0 Å². The first-order chi connectivity index (χ1) is 4.74. The summed E-state index contributed by atoms with van der Waals surface area (Å²) in [6.45, 7) is 0. The molecule has 0 N–H and O–H groups in total. The van der Waals surface area contributed by atoms with Crippen molar-refractivity contribution in [1.82, 2.24) is 0 Å². The second-order valence-electron chi connectivity index (χ2n) is 2.23. The van der Waals surface area contributed by atoms with E-state index >= 15 is 0 Å². The van der Waals surface area contributed by atoms with Gasteiger partial charge in [0.15, 0.2) is 0 Å². The van der Waals surface area contributed by atoms with Crippen LogP contribution in [0.2, 0.25) is 0 Å². The highest BCUT2D eigenvalue weighted by Gasteiger charge is 1.95. The molecule has 3 heteroatoms. The summed E-state index contributed by atoms with van der Waals surface area (Å²) in [5.41, 5.74) is 2.70. The average Bonchev–Trinajstić information content (AvgIpc) is 1.94. The molecule has 0 bridgehead atoms. The van der Waals surface area contributed by atoms with Gasteiger partial charge in [0.1, 0.15) is 7.85 Å². The molecule has 1 aromatic carbocycles. The summed E-state index contributed by atoms with van der Waals surface area (Å²) in [5.74, 6) is 0.